The summed E-state index contributed by atoms with van der Waals surface area (Å²) in [5.41, 5.74) is 7.03. The van der Waals surface area contributed by atoms with Crippen LogP contribution in [0.5, 0.6) is 0 Å². The summed E-state index contributed by atoms with van der Waals surface area (Å²) < 4.78 is 0. The van der Waals surface area contributed by atoms with Crippen LogP contribution in [0, 0.1) is 26.7 Å². The van der Waals surface area contributed by atoms with Crippen molar-refractivity contribution in [3.05, 3.63) is 70.3 Å². The smallest absolute Gasteiger partial charge is 0.0351 e. The predicted octanol–water partition coefficient (Wildman–Crippen LogP) is 4.85. The Morgan fingerprint density at radius 1 is 0.952 bits per heavy atom. The van der Waals surface area contributed by atoms with E-state index >= 15 is 0 Å². The Morgan fingerprint density at radius 2 is 1.62 bits per heavy atom. The molecular weight excluding hydrogens is 254 g/mol. The van der Waals surface area contributed by atoms with Crippen molar-refractivity contribution in [1.29, 1.82) is 0 Å². The van der Waals surface area contributed by atoms with Gasteiger partial charge in [0.2, 0.25) is 0 Å². The van der Waals surface area contributed by atoms with Crippen LogP contribution in [0.3, 0.4) is 0 Å². The number of nitrogens with one attached hydrogen (secondary N) is 1. The molecule has 1 unspecified atom stereocenters. The Morgan fingerprint density at radius 3 is 2.29 bits per heavy atom. The van der Waals surface area contributed by atoms with Gasteiger partial charge in [0.15, 0.2) is 0 Å². The zero-order chi connectivity index (χ0) is 14.8. The highest BCUT2D eigenvalue weighted by Crippen LogP contribution is 2.41. The quantitative estimate of drug-likeness (QED) is 0.824. The van der Waals surface area contributed by atoms with Crippen LogP contribution in [-0.4, -0.2) is 0 Å². The lowest BCUT2D eigenvalue weighted by molar-refractivity contribution is 0.479. The van der Waals surface area contributed by atoms with Gasteiger partial charge in [0.25, 0.3) is 0 Å². The molecule has 21 heavy (non-hydrogen) atoms. The van der Waals surface area contributed by atoms with Gasteiger partial charge in [-0.05, 0) is 67.3 Å². The van der Waals surface area contributed by atoms with E-state index in [0.29, 0.717) is 6.04 Å². The van der Waals surface area contributed by atoms with Gasteiger partial charge >= 0.3 is 0 Å². The van der Waals surface area contributed by atoms with Crippen LogP contribution >= 0.6 is 0 Å². The molecule has 1 saturated carbocycles. The van der Waals surface area contributed by atoms with E-state index in [1.807, 2.05) is 0 Å². The van der Waals surface area contributed by atoms with Crippen LogP contribution in [-0.2, 0) is 6.54 Å². The maximum atomic E-state index is 3.80. The molecule has 2 aromatic carbocycles. The maximum absolute atomic E-state index is 3.80. The number of hydrogen-bond acceptors (Lipinski definition) is 1. The minimum atomic E-state index is 0.507. The second-order valence-electron chi connectivity index (χ2n) is 6.47. The van der Waals surface area contributed by atoms with Crippen molar-refractivity contribution in [2.75, 3.05) is 0 Å². The normalized spacial score (nSPS) is 16.0. The van der Waals surface area contributed by atoms with Gasteiger partial charge in [0.05, 0.1) is 0 Å². The van der Waals surface area contributed by atoms with E-state index in [-0.39, 0.29) is 0 Å². The van der Waals surface area contributed by atoms with Crippen molar-refractivity contribution in [3.63, 3.8) is 0 Å². The Labute approximate surface area is 128 Å². The van der Waals surface area contributed by atoms with Crippen molar-refractivity contribution in [1.82, 2.24) is 5.32 Å². The third-order valence-corrected chi connectivity index (χ3v) is 4.72. The van der Waals surface area contributed by atoms with E-state index in [9.17, 15) is 0 Å². The van der Waals surface area contributed by atoms with Crippen molar-refractivity contribution < 1.29 is 0 Å². The number of benzene rings is 2. The van der Waals surface area contributed by atoms with E-state index < -0.39 is 0 Å². The third kappa shape index (κ3) is 3.36. The second kappa shape index (κ2) is 6.03. The summed E-state index contributed by atoms with van der Waals surface area (Å²) in [6.45, 7) is 7.57. The van der Waals surface area contributed by atoms with Gasteiger partial charge in [-0.2, -0.15) is 0 Å². The first kappa shape index (κ1) is 14.3. The summed E-state index contributed by atoms with van der Waals surface area (Å²) in [5.74, 6) is 0.819. The molecule has 0 saturated heterocycles. The first-order valence-electron chi connectivity index (χ1n) is 8.00. The average molecular weight is 279 g/mol. The molecule has 0 spiro atoms. The number of hydrogen-bond donors (Lipinski definition) is 1. The summed E-state index contributed by atoms with van der Waals surface area (Å²) in [6, 6.07) is 16.1. The molecule has 1 N–H and O–H groups in total. The Balaban J connectivity index is 1.75. The molecule has 2 aromatic rings. The molecule has 1 atom stereocenters. The monoisotopic (exact) mass is 279 g/mol. The van der Waals surface area contributed by atoms with Crippen LogP contribution in [0.4, 0.5) is 0 Å². The van der Waals surface area contributed by atoms with Gasteiger partial charge in [-0.3, -0.25) is 0 Å². The molecule has 1 fully saturated rings. The maximum Gasteiger partial charge on any atom is 0.0351 e. The third-order valence-electron chi connectivity index (χ3n) is 4.72. The van der Waals surface area contributed by atoms with Crippen molar-refractivity contribution in [2.24, 2.45) is 5.92 Å². The zero-order valence-electron chi connectivity index (χ0n) is 13.3. The van der Waals surface area contributed by atoms with Crippen LogP contribution in [0.15, 0.2) is 42.5 Å². The predicted molar refractivity (Wildman–Crippen MR) is 89.4 cm³/mol. The van der Waals surface area contributed by atoms with Gasteiger partial charge in [-0.1, -0.05) is 42.5 Å². The van der Waals surface area contributed by atoms with Gasteiger partial charge in [0, 0.05) is 12.6 Å². The highest BCUT2D eigenvalue weighted by atomic mass is 14.9. The van der Waals surface area contributed by atoms with Crippen LogP contribution in [0.1, 0.15) is 46.7 Å². The van der Waals surface area contributed by atoms with Crippen LogP contribution in [0.2, 0.25) is 0 Å². The highest BCUT2D eigenvalue weighted by molar-refractivity contribution is 5.36. The van der Waals surface area contributed by atoms with Gasteiger partial charge < -0.3 is 5.32 Å². The zero-order valence-corrected chi connectivity index (χ0v) is 13.3. The molecule has 110 valence electrons. The molecule has 0 aromatic heterocycles. The van der Waals surface area contributed by atoms with Gasteiger partial charge in [0.1, 0.15) is 0 Å². The van der Waals surface area contributed by atoms with E-state index in [2.05, 4.69) is 68.6 Å². The summed E-state index contributed by atoms with van der Waals surface area (Å²) >= 11 is 0. The first-order valence-corrected chi connectivity index (χ1v) is 8.00. The van der Waals surface area contributed by atoms with E-state index in [4.69, 9.17) is 0 Å². The molecule has 0 amide bonds. The standard InChI is InChI=1S/C20H25N/c1-14-11-16(3)19(12-15(14)2)13-21-20(18-9-10-18)17-7-5-4-6-8-17/h4-8,11-12,18,20-21H,9-10,13H2,1-3H3. The van der Waals surface area contributed by atoms with E-state index in [1.54, 1.807) is 0 Å². The largest absolute Gasteiger partial charge is 0.306 e. The number of aryl methyl sites for hydroxylation is 3. The Hall–Kier alpha value is -1.60. The van der Waals surface area contributed by atoms with Crippen LogP contribution in [0.25, 0.3) is 0 Å². The Bertz CT molecular complexity index is 611. The lowest BCUT2D eigenvalue weighted by Crippen LogP contribution is -2.23. The van der Waals surface area contributed by atoms with E-state index in [0.717, 1.165) is 12.5 Å². The Kier molecular flexibility index (Phi) is 4.12. The highest BCUT2D eigenvalue weighted by Gasteiger charge is 2.31. The molecule has 1 nitrogen and oxygen atoms in total. The molecule has 1 heteroatoms. The molecule has 1 aliphatic rings. The summed E-state index contributed by atoms with van der Waals surface area (Å²) in [6.07, 6.45) is 2.72. The van der Waals surface area contributed by atoms with E-state index in [1.165, 1.54) is 40.7 Å². The molecule has 0 heterocycles. The minimum absolute atomic E-state index is 0.507. The van der Waals surface area contributed by atoms with Gasteiger partial charge in [-0.25, -0.2) is 0 Å². The molecular formula is C20H25N. The fourth-order valence-electron chi connectivity index (χ4n) is 3.08. The lowest BCUT2D eigenvalue weighted by atomic mass is 9.99. The summed E-state index contributed by atoms with van der Waals surface area (Å²) in [7, 11) is 0. The molecule has 0 radical (unpaired) electrons. The minimum Gasteiger partial charge on any atom is -0.306 e. The molecule has 0 bridgehead atoms. The number of rotatable bonds is 5. The molecule has 3 rings (SSSR count). The summed E-state index contributed by atoms with van der Waals surface area (Å²) in [5, 5.41) is 3.80. The van der Waals surface area contributed by atoms with Crippen molar-refractivity contribution >= 4 is 0 Å². The molecule has 0 aliphatic heterocycles. The second-order valence-corrected chi connectivity index (χ2v) is 6.47. The van der Waals surface area contributed by atoms with Gasteiger partial charge in [-0.15, -0.1) is 0 Å². The fraction of sp³-hybridized carbons (Fsp3) is 0.400. The van der Waals surface area contributed by atoms with Crippen molar-refractivity contribution in [2.45, 2.75) is 46.2 Å². The van der Waals surface area contributed by atoms with Crippen LogP contribution < -0.4 is 5.32 Å². The van der Waals surface area contributed by atoms with Crippen molar-refractivity contribution in [3.8, 4) is 0 Å². The first-order chi connectivity index (χ1) is 10.1. The summed E-state index contributed by atoms with van der Waals surface area (Å²) in [4.78, 5) is 0. The SMILES string of the molecule is Cc1cc(C)c(CNC(c2ccccc2)C2CC2)cc1C. The topological polar surface area (TPSA) is 12.0 Å². The molecule has 1 aliphatic carbocycles. The fourth-order valence-corrected chi connectivity index (χ4v) is 3.08. The average Bonchev–Trinajstić information content (AvgIpc) is 3.30. The lowest BCUT2D eigenvalue weighted by Gasteiger charge is -2.20.